The fourth-order valence-electron chi connectivity index (χ4n) is 3.00. The molecule has 2 fully saturated rings. The fraction of sp³-hybridized carbons (Fsp3) is 1.00. The summed E-state index contributed by atoms with van der Waals surface area (Å²) in [5.41, 5.74) is 5.88. The summed E-state index contributed by atoms with van der Waals surface area (Å²) in [6.45, 7) is 0.924. The van der Waals surface area contributed by atoms with E-state index in [-0.39, 0.29) is 0 Å². The molecule has 0 amide bonds. The van der Waals surface area contributed by atoms with Gasteiger partial charge in [0.05, 0.1) is 0 Å². The fourth-order valence-corrected chi connectivity index (χ4v) is 4.83. The number of hydrogen-bond acceptors (Lipinski definition) is 2. The monoisotopic (exact) mass is 199 g/mol. The summed E-state index contributed by atoms with van der Waals surface area (Å²) in [5.74, 6) is 2.19. The summed E-state index contributed by atoms with van der Waals surface area (Å²) in [5, 5.41) is 0. The van der Waals surface area contributed by atoms with E-state index in [1.54, 1.807) is 0 Å². The van der Waals surface area contributed by atoms with Crippen LogP contribution in [0.25, 0.3) is 0 Å². The van der Waals surface area contributed by atoms with Crippen molar-refractivity contribution in [1.82, 2.24) is 0 Å². The van der Waals surface area contributed by atoms with Crippen LogP contribution in [0.1, 0.15) is 44.9 Å². The SMILES string of the molecule is NCC1CCSC12CCCCCC2. The minimum Gasteiger partial charge on any atom is -0.330 e. The summed E-state index contributed by atoms with van der Waals surface area (Å²) < 4.78 is 0.616. The van der Waals surface area contributed by atoms with Gasteiger partial charge in [-0.25, -0.2) is 0 Å². The van der Waals surface area contributed by atoms with E-state index in [0.29, 0.717) is 4.75 Å². The Morgan fingerprint density at radius 1 is 1.15 bits per heavy atom. The third-order valence-electron chi connectivity index (χ3n) is 3.83. The lowest BCUT2D eigenvalue weighted by Crippen LogP contribution is -2.34. The largest absolute Gasteiger partial charge is 0.330 e. The second-order valence-corrected chi connectivity index (χ2v) is 6.06. The van der Waals surface area contributed by atoms with Crippen LogP contribution in [-0.2, 0) is 0 Å². The molecule has 1 saturated carbocycles. The van der Waals surface area contributed by atoms with Crippen LogP contribution in [-0.4, -0.2) is 17.0 Å². The van der Waals surface area contributed by atoms with Crippen molar-refractivity contribution >= 4 is 11.8 Å². The van der Waals surface area contributed by atoms with Crippen molar-refractivity contribution in [3.63, 3.8) is 0 Å². The summed E-state index contributed by atoms with van der Waals surface area (Å²) >= 11 is 2.23. The van der Waals surface area contributed by atoms with E-state index in [1.807, 2.05) is 0 Å². The zero-order valence-corrected chi connectivity index (χ0v) is 9.24. The molecule has 2 aliphatic rings. The van der Waals surface area contributed by atoms with Crippen molar-refractivity contribution in [2.24, 2.45) is 11.7 Å². The summed E-state index contributed by atoms with van der Waals surface area (Å²) in [7, 11) is 0. The predicted molar refractivity (Wildman–Crippen MR) is 60.1 cm³/mol. The summed E-state index contributed by atoms with van der Waals surface area (Å²) in [6.07, 6.45) is 10.1. The van der Waals surface area contributed by atoms with Gasteiger partial charge >= 0.3 is 0 Å². The normalized spacial score (nSPS) is 33.5. The summed E-state index contributed by atoms with van der Waals surface area (Å²) in [6, 6.07) is 0. The van der Waals surface area contributed by atoms with Crippen LogP contribution in [0.3, 0.4) is 0 Å². The molecule has 1 aliphatic heterocycles. The van der Waals surface area contributed by atoms with Crippen LogP contribution < -0.4 is 5.73 Å². The molecule has 2 heteroatoms. The zero-order valence-electron chi connectivity index (χ0n) is 8.43. The zero-order chi connectivity index (χ0) is 9.15. The molecule has 1 unspecified atom stereocenters. The van der Waals surface area contributed by atoms with E-state index in [2.05, 4.69) is 11.8 Å². The Hall–Kier alpha value is 0.310. The maximum absolute atomic E-state index is 5.88. The van der Waals surface area contributed by atoms with Crippen molar-refractivity contribution in [2.75, 3.05) is 12.3 Å². The van der Waals surface area contributed by atoms with Gasteiger partial charge in [0.25, 0.3) is 0 Å². The first-order chi connectivity index (χ1) is 6.37. The molecule has 0 aromatic rings. The average molecular weight is 199 g/mol. The lowest BCUT2D eigenvalue weighted by Gasteiger charge is -2.33. The first kappa shape index (κ1) is 9.85. The quantitative estimate of drug-likeness (QED) is 0.703. The predicted octanol–water partition coefficient (Wildman–Crippen LogP) is 2.79. The Balaban J connectivity index is 2.06. The maximum Gasteiger partial charge on any atom is 0.0200 e. The molecule has 1 spiro atoms. The highest BCUT2D eigenvalue weighted by molar-refractivity contribution is 8.00. The molecule has 2 N–H and O–H groups in total. The molecule has 1 aliphatic carbocycles. The van der Waals surface area contributed by atoms with Crippen molar-refractivity contribution in [1.29, 1.82) is 0 Å². The van der Waals surface area contributed by atoms with Gasteiger partial charge in [0, 0.05) is 4.75 Å². The molecular formula is C11H21NS. The van der Waals surface area contributed by atoms with Crippen LogP contribution in [0.4, 0.5) is 0 Å². The number of thioether (sulfide) groups is 1. The maximum atomic E-state index is 5.88. The van der Waals surface area contributed by atoms with E-state index in [4.69, 9.17) is 5.73 Å². The van der Waals surface area contributed by atoms with Crippen molar-refractivity contribution in [3.8, 4) is 0 Å². The van der Waals surface area contributed by atoms with Crippen molar-refractivity contribution < 1.29 is 0 Å². The van der Waals surface area contributed by atoms with Crippen LogP contribution in [0, 0.1) is 5.92 Å². The van der Waals surface area contributed by atoms with Gasteiger partial charge in [0.15, 0.2) is 0 Å². The smallest absolute Gasteiger partial charge is 0.0200 e. The minimum absolute atomic E-state index is 0.616. The van der Waals surface area contributed by atoms with Crippen LogP contribution >= 0.6 is 11.8 Å². The molecule has 2 rings (SSSR count). The van der Waals surface area contributed by atoms with Gasteiger partial charge in [0.2, 0.25) is 0 Å². The molecule has 1 atom stereocenters. The van der Waals surface area contributed by atoms with Crippen molar-refractivity contribution in [2.45, 2.75) is 49.7 Å². The first-order valence-electron chi connectivity index (χ1n) is 5.71. The highest BCUT2D eigenvalue weighted by Crippen LogP contribution is 2.50. The first-order valence-corrected chi connectivity index (χ1v) is 6.70. The van der Waals surface area contributed by atoms with Crippen LogP contribution in [0.5, 0.6) is 0 Å². The Bertz CT molecular complexity index is 161. The minimum atomic E-state index is 0.616. The van der Waals surface area contributed by atoms with Gasteiger partial charge in [-0.3, -0.25) is 0 Å². The van der Waals surface area contributed by atoms with Crippen LogP contribution in [0.15, 0.2) is 0 Å². The lowest BCUT2D eigenvalue weighted by molar-refractivity contribution is 0.358. The highest BCUT2D eigenvalue weighted by Gasteiger charge is 2.42. The number of rotatable bonds is 1. The Morgan fingerprint density at radius 2 is 1.85 bits per heavy atom. The van der Waals surface area contributed by atoms with E-state index in [9.17, 15) is 0 Å². The Morgan fingerprint density at radius 3 is 2.46 bits per heavy atom. The highest BCUT2D eigenvalue weighted by atomic mass is 32.2. The van der Waals surface area contributed by atoms with E-state index in [1.165, 1.54) is 50.7 Å². The standard InChI is InChI=1S/C11H21NS/c12-9-10-5-8-13-11(10)6-3-1-2-4-7-11/h10H,1-9,12H2. The Kier molecular flexibility index (Phi) is 3.20. The van der Waals surface area contributed by atoms with Gasteiger partial charge in [0.1, 0.15) is 0 Å². The molecule has 0 aromatic heterocycles. The molecule has 0 radical (unpaired) electrons. The molecule has 1 nitrogen and oxygen atoms in total. The molecule has 0 bridgehead atoms. The van der Waals surface area contributed by atoms with E-state index < -0.39 is 0 Å². The van der Waals surface area contributed by atoms with E-state index >= 15 is 0 Å². The lowest BCUT2D eigenvalue weighted by atomic mass is 9.84. The third kappa shape index (κ3) is 1.89. The average Bonchev–Trinajstić information content (AvgIpc) is 2.37. The van der Waals surface area contributed by atoms with Gasteiger partial charge in [-0.05, 0) is 37.5 Å². The van der Waals surface area contributed by atoms with E-state index in [0.717, 1.165) is 12.5 Å². The van der Waals surface area contributed by atoms with Gasteiger partial charge in [-0.2, -0.15) is 11.8 Å². The number of hydrogen-bond donors (Lipinski definition) is 1. The Labute approximate surface area is 85.8 Å². The molecule has 13 heavy (non-hydrogen) atoms. The molecule has 0 aromatic carbocycles. The third-order valence-corrected chi connectivity index (χ3v) is 5.59. The van der Waals surface area contributed by atoms with Gasteiger partial charge in [-0.15, -0.1) is 0 Å². The van der Waals surface area contributed by atoms with Crippen molar-refractivity contribution in [3.05, 3.63) is 0 Å². The number of nitrogens with two attached hydrogens (primary N) is 1. The molecule has 76 valence electrons. The molecule has 1 heterocycles. The second kappa shape index (κ2) is 4.22. The second-order valence-electron chi connectivity index (χ2n) is 4.55. The molecular weight excluding hydrogens is 178 g/mol. The van der Waals surface area contributed by atoms with Gasteiger partial charge in [-0.1, -0.05) is 25.7 Å². The van der Waals surface area contributed by atoms with Crippen LogP contribution in [0.2, 0.25) is 0 Å². The van der Waals surface area contributed by atoms with Gasteiger partial charge < -0.3 is 5.73 Å². The summed E-state index contributed by atoms with van der Waals surface area (Å²) in [4.78, 5) is 0. The topological polar surface area (TPSA) is 26.0 Å². The molecule has 1 saturated heterocycles.